The first-order valence-corrected chi connectivity index (χ1v) is 6.86. The number of hydrogen-bond donors (Lipinski definition) is 1. The second kappa shape index (κ2) is 5.01. The Hall–Kier alpha value is -2.28. The summed E-state index contributed by atoms with van der Waals surface area (Å²) in [6, 6.07) is 9.58. The van der Waals surface area contributed by atoms with Crippen molar-refractivity contribution in [2.24, 2.45) is 7.05 Å². The van der Waals surface area contributed by atoms with Gasteiger partial charge in [-0.3, -0.25) is 4.79 Å². The van der Waals surface area contributed by atoms with Gasteiger partial charge in [0.25, 0.3) is 0 Å². The van der Waals surface area contributed by atoms with E-state index < -0.39 is 5.97 Å². The number of benzene rings is 1. The Kier molecular flexibility index (Phi) is 3.19. The van der Waals surface area contributed by atoms with E-state index in [2.05, 4.69) is 10.2 Å². The normalized spacial score (nSPS) is 11.1. The van der Waals surface area contributed by atoms with Crippen LogP contribution >= 0.6 is 11.8 Å². The summed E-state index contributed by atoms with van der Waals surface area (Å²) < 4.78 is 7.45. The lowest BCUT2D eigenvalue weighted by atomic mass is 10.2. The highest BCUT2D eigenvalue weighted by Gasteiger charge is 2.15. The van der Waals surface area contributed by atoms with Crippen molar-refractivity contribution in [1.82, 2.24) is 14.8 Å². The van der Waals surface area contributed by atoms with Crippen LogP contribution in [-0.2, 0) is 11.8 Å². The van der Waals surface area contributed by atoms with Gasteiger partial charge in [0.05, 0.1) is 5.75 Å². The van der Waals surface area contributed by atoms with Gasteiger partial charge in [-0.2, -0.15) is 0 Å². The van der Waals surface area contributed by atoms with E-state index >= 15 is 0 Å². The van der Waals surface area contributed by atoms with Crippen LogP contribution in [0.25, 0.3) is 22.6 Å². The fraction of sp³-hybridized carbons (Fsp3) is 0.154. The maximum absolute atomic E-state index is 10.6. The molecular weight excluding hydrogens is 278 g/mol. The molecule has 0 aliphatic carbocycles. The zero-order valence-corrected chi connectivity index (χ0v) is 11.4. The molecule has 0 fully saturated rings. The molecule has 2 aromatic heterocycles. The predicted octanol–water partition coefficient (Wildman–Crippen LogP) is 2.41. The van der Waals surface area contributed by atoms with E-state index in [1.807, 2.05) is 30.3 Å². The summed E-state index contributed by atoms with van der Waals surface area (Å²) in [6.07, 6.45) is 0. The van der Waals surface area contributed by atoms with Gasteiger partial charge >= 0.3 is 5.97 Å². The fourth-order valence-corrected chi connectivity index (χ4v) is 2.50. The molecule has 1 N–H and O–H groups in total. The van der Waals surface area contributed by atoms with Gasteiger partial charge in [0, 0.05) is 12.4 Å². The summed E-state index contributed by atoms with van der Waals surface area (Å²) in [5.41, 5.74) is 0.783. The minimum atomic E-state index is -0.886. The van der Waals surface area contributed by atoms with Crippen molar-refractivity contribution in [1.29, 1.82) is 0 Å². The minimum Gasteiger partial charge on any atom is -0.481 e. The van der Waals surface area contributed by atoms with Crippen molar-refractivity contribution in [3.63, 3.8) is 0 Å². The van der Waals surface area contributed by atoms with Gasteiger partial charge in [-0.15, -0.1) is 10.2 Å². The molecule has 7 heteroatoms. The number of aliphatic carboxylic acids is 1. The third-order valence-corrected chi connectivity index (χ3v) is 3.81. The number of hydrogen-bond acceptors (Lipinski definition) is 5. The zero-order chi connectivity index (χ0) is 14.1. The Bertz CT molecular complexity index is 745. The summed E-state index contributed by atoms with van der Waals surface area (Å²) in [5.74, 6) is 0.257. The van der Waals surface area contributed by atoms with Crippen molar-refractivity contribution >= 4 is 28.7 Å². The minimum absolute atomic E-state index is 0.0495. The van der Waals surface area contributed by atoms with Gasteiger partial charge < -0.3 is 14.1 Å². The molecule has 0 bridgehead atoms. The van der Waals surface area contributed by atoms with Crippen molar-refractivity contribution in [2.45, 2.75) is 5.16 Å². The standard InChI is InChI=1S/C13H11N3O3S/c1-16-12(14-15-13(16)20-7-11(17)18)10-6-8-4-2-3-5-9(8)19-10/h2-6H,7H2,1H3,(H,17,18). The predicted molar refractivity (Wildman–Crippen MR) is 74.6 cm³/mol. The number of para-hydroxylation sites is 1. The van der Waals surface area contributed by atoms with Crippen LogP contribution in [0.3, 0.4) is 0 Å². The fourth-order valence-electron chi connectivity index (χ4n) is 1.87. The molecule has 0 unspecified atom stereocenters. The number of fused-ring (bicyclic) bond motifs is 1. The van der Waals surface area contributed by atoms with Crippen LogP contribution < -0.4 is 0 Å². The van der Waals surface area contributed by atoms with E-state index in [1.165, 1.54) is 0 Å². The Balaban J connectivity index is 1.95. The molecule has 20 heavy (non-hydrogen) atoms. The van der Waals surface area contributed by atoms with E-state index in [9.17, 15) is 4.79 Å². The lowest BCUT2D eigenvalue weighted by Gasteiger charge is -1.99. The number of rotatable bonds is 4. The number of nitrogens with zero attached hydrogens (tertiary/aromatic N) is 3. The molecule has 0 saturated heterocycles. The monoisotopic (exact) mass is 289 g/mol. The number of furan rings is 1. The van der Waals surface area contributed by atoms with Gasteiger partial charge in [-0.05, 0) is 12.1 Å². The first-order chi connectivity index (χ1) is 9.65. The van der Waals surface area contributed by atoms with E-state index in [4.69, 9.17) is 9.52 Å². The van der Waals surface area contributed by atoms with Crippen LogP contribution in [0, 0.1) is 0 Å². The number of carbonyl (C=O) groups is 1. The lowest BCUT2D eigenvalue weighted by molar-refractivity contribution is -0.133. The van der Waals surface area contributed by atoms with Crippen LogP contribution in [0.15, 0.2) is 39.9 Å². The molecule has 0 spiro atoms. The van der Waals surface area contributed by atoms with E-state index in [-0.39, 0.29) is 5.75 Å². The molecule has 0 aliphatic rings. The van der Waals surface area contributed by atoms with Crippen molar-refractivity contribution in [3.05, 3.63) is 30.3 Å². The van der Waals surface area contributed by atoms with E-state index in [1.54, 1.807) is 11.6 Å². The maximum Gasteiger partial charge on any atom is 0.313 e. The molecule has 1 aromatic carbocycles. The number of thioether (sulfide) groups is 1. The molecular formula is C13H11N3O3S. The number of carboxylic acids is 1. The summed E-state index contributed by atoms with van der Waals surface area (Å²) in [6.45, 7) is 0. The van der Waals surface area contributed by atoms with Crippen LogP contribution in [0.1, 0.15) is 0 Å². The molecule has 0 saturated carbocycles. The van der Waals surface area contributed by atoms with Gasteiger partial charge in [0.1, 0.15) is 5.58 Å². The quantitative estimate of drug-likeness (QED) is 0.743. The molecule has 102 valence electrons. The second-order valence-corrected chi connectivity index (χ2v) is 5.14. The molecule has 2 heterocycles. The van der Waals surface area contributed by atoms with Crippen LogP contribution in [0.4, 0.5) is 0 Å². The van der Waals surface area contributed by atoms with Gasteiger partial charge in [-0.1, -0.05) is 30.0 Å². The Morgan fingerprint density at radius 3 is 2.95 bits per heavy atom. The van der Waals surface area contributed by atoms with Crippen molar-refractivity contribution in [2.75, 3.05) is 5.75 Å². The molecule has 3 rings (SSSR count). The zero-order valence-electron chi connectivity index (χ0n) is 10.6. The smallest absolute Gasteiger partial charge is 0.313 e. The summed E-state index contributed by atoms with van der Waals surface area (Å²) in [5, 5.41) is 18.3. The van der Waals surface area contributed by atoms with E-state index in [0.717, 1.165) is 22.7 Å². The summed E-state index contributed by atoms with van der Waals surface area (Å²) in [4.78, 5) is 10.6. The SMILES string of the molecule is Cn1c(SCC(=O)O)nnc1-c1cc2ccccc2o1. The number of carboxylic acid groups (broad SMARTS) is 1. The molecule has 0 amide bonds. The lowest BCUT2D eigenvalue weighted by Crippen LogP contribution is -2.00. The third-order valence-electron chi connectivity index (χ3n) is 2.81. The highest BCUT2D eigenvalue weighted by Crippen LogP contribution is 2.28. The largest absolute Gasteiger partial charge is 0.481 e. The van der Waals surface area contributed by atoms with E-state index in [0.29, 0.717) is 16.7 Å². The van der Waals surface area contributed by atoms with Gasteiger partial charge in [-0.25, -0.2) is 0 Å². The van der Waals surface area contributed by atoms with Crippen LogP contribution in [-0.4, -0.2) is 31.6 Å². The summed E-state index contributed by atoms with van der Waals surface area (Å²) in [7, 11) is 1.78. The maximum atomic E-state index is 10.6. The number of aromatic nitrogens is 3. The Morgan fingerprint density at radius 1 is 1.40 bits per heavy atom. The molecule has 0 atom stereocenters. The highest BCUT2D eigenvalue weighted by atomic mass is 32.2. The topological polar surface area (TPSA) is 81.2 Å². The van der Waals surface area contributed by atoms with Crippen LogP contribution in [0.5, 0.6) is 0 Å². The Morgan fingerprint density at radius 2 is 2.20 bits per heavy atom. The third kappa shape index (κ3) is 2.27. The molecule has 6 nitrogen and oxygen atoms in total. The van der Waals surface area contributed by atoms with Crippen molar-refractivity contribution in [3.8, 4) is 11.6 Å². The van der Waals surface area contributed by atoms with Crippen LogP contribution in [0.2, 0.25) is 0 Å². The average molecular weight is 289 g/mol. The highest BCUT2D eigenvalue weighted by molar-refractivity contribution is 7.99. The first kappa shape index (κ1) is 12.7. The average Bonchev–Trinajstić information content (AvgIpc) is 2.99. The molecule has 0 radical (unpaired) electrons. The van der Waals surface area contributed by atoms with Gasteiger partial charge in [0.2, 0.25) is 0 Å². The summed E-state index contributed by atoms with van der Waals surface area (Å²) >= 11 is 1.13. The molecule has 0 aliphatic heterocycles. The molecule has 3 aromatic rings. The second-order valence-electron chi connectivity index (χ2n) is 4.20. The van der Waals surface area contributed by atoms with Crippen molar-refractivity contribution < 1.29 is 14.3 Å². The van der Waals surface area contributed by atoms with Gasteiger partial charge in [0.15, 0.2) is 16.7 Å². The first-order valence-electron chi connectivity index (χ1n) is 5.88. The Labute approximate surface area is 118 Å².